The fourth-order valence-electron chi connectivity index (χ4n) is 6.18. The molecule has 1 aliphatic heterocycles. The molecule has 1 atom stereocenters. The minimum atomic E-state index is 0.780. The number of hydrogen-bond donors (Lipinski definition) is 1. The first-order valence-electron chi connectivity index (χ1n) is 18.1. The van der Waals surface area contributed by atoms with Gasteiger partial charge in [0.05, 0.1) is 0 Å². The molecular formula is C36H73N3. The zero-order valence-electron chi connectivity index (χ0n) is 27.3. The first kappa shape index (κ1) is 36.6. The van der Waals surface area contributed by atoms with Crippen LogP contribution in [0, 0.1) is 5.92 Å². The predicted molar refractivity (Wildman–Crippen MR) is 177 cm³/mol. The summed E-state index contributed by atoms with van der Waals surface area (Å²) in [6.07, 6.45) is 35.9. The normalized spacial score (nSPS) is 15.6. The minimum absolute atomic E-state index is 0.780. The quantitative estimate of drug-likeness (QED) is 0.0742. The lowest BCUT2D eigenvalue weighted by Gasteiger charge is -2.32. The van der Waals surface area contributed by atoms with Gasteiger partial charge in [-0.3, -0.25) is 0 Å². The van der Waals surface area contributed by atoms with Gasteiger partial charge in [-0.15, -0.1) is 0 Å². The molecule has 1 unspecified atom stereocenters. The van der Waals surface area contributed by atoms with Gasteiger partial charge in [0.15, 0.2) is 0 Å². The van der Waals surface area contributed by atoms with Crippen molar-refractivity contribution < 1.29 is 0 Å². The van der Waals surface area contributed by atoms with E-state index in [1.807, 2.05) is 0 Å². The molecule has 0 aromatic rings. The maximum atomic E-state index is 3.50. The lowest BCUT2D eigenvalue weighted by Crippen LogP contribution is -2.46. The van der Waals surface area contributed by atoms with Gasteiger partial charge in [-0.2, -0.15) is 0 Å². The molecule has 1 fully saturated rings. The molecule has 3 heteroatoms. The monoisotopic (exact) mass is 548 g/mol. The second-order valence-corrected chi connectivity index (χ2v) is 12.9. The summed E-state index contributed by atoms with van der Waals surface area (Å²) in [6.45, 7) is 17.1. The van der Waals surface area contributed by atoms with E-state index in [0.29, 0.717) is 0 Å². The highest BCUT2D eigenvalue weighted by Gasteiger charge is 2.16. The van der Waals surface area contributed by atoms with E-state index in [1.165, 1.54) is 194 Å². The second kappa shape index (κ2) is 29.1. The van der Waals surface area contributed by atoms with Gasteiger partial charge in [0, 0.05) is 39.3 Å². The van der Waals surface area contributed by atoms with E-state index in [9.17, 15) is 0 Å². The van der Waals surface area contributed by atoms with E-state index >= 15 is 0 Å². The summed E-state index contributed by atoms with van der Waals surface area (Å²) in [4.78, 5) is 5.51. The topological polar surface area (TPSA) is 18.5 Å². The van der Waals surface area contributed by atoms with Crippen molar-refractivity contribution in [3.63, 3.8) is 0 Å². The van der Waals surface area contributed by atoms with Gasteiger partial charge in [0.25, 0.3) is 0 Å². The Hall–Kier alpha value is -0.380. The van der Waals surface area contributed by atoms with E-state index in [0.717, 1.165) is 5.92 Å². The Morgan fingerprint density at radius 3 is 1.49 bits per heavy atom. The van der Waals surface area contributed by atoms with E-state index in [1.54, 1.807) is 0 Å². The summed E-state index contributed by atoms with van der Waals surface area (Å²) in [5.41, 5.74) is 0. The number of allylic oxidation sites excluding steroid dienone is 2. The molecule has 0 radical (unpaired) electrons. The Balaban J connectivity index is 2.16. The van der Waals surface area contributed by atoms with Crippen LogP contribution in [0.3, 0.4) is 0 Å². The summed E-state index contributed by atoms with van der Waals surface area (Å²) in [5, 5.41) is 3.50. The molecule has 0 saturated carbocycles. The van der Waals surface area contributed by atoms with Gasteiger partial charge in [-0.05, 0) is 57.5 Å². The van der Waals surface area contributed by atoms with Crippen LogP contribution >= 0.6 is 0 Å². The predicted octanol–water partition coefficient (Wildman–Crippen LogP) is 10.0. The van der Waals surface area contributed by atoms with Crippen molar-refractivity contribution in [3.8, 4) is 0 Å². The third kappa shape index (κ3) is 25.1. The van der Waals surface area contributed by atoms with Crippen LogP contribution in [0.4, 0.5) is 0 Å². The van der Waals surface area contributed by atoms with Gasteiger partial charge < -0.3 is 15.1 Å². The number of hydrogen-bond acceptors (Lipinski definition) is 3. The number of unbranched alkanes of at least 4 members (excludes halogenated alkanes) is 19. The molecule has 1 aliphatic rings. The molecule has 0 amide bonds. The fourth-order valence-corrected chi connectivity index (χ4v) is 6.18. The van der Waals surface area contributed by atoms with Crippen molar-refractivity contribution in [2.24, 2.45) is 5.92 Å². The van der Waals surface area contributed by atoms with Gasteiger partial charge >= 0.3 is 0 Å². The van der Waals surface area contributed by atoms with Crippen molar-refractivity contribution in [2.75, 3.05) is 52.4 Å². The summed E-state index contributed by atoms with van der Waals surface area (Å²) in [7, 11) is 0. The lowest BCUT2D eigenvalue weighted by molar-refractivity contribution is 0.167. The van der Waals surface area contributed by atoms with Crippen molar-refractivity contribution in [1.82, 2.24) is 15.1 Å². The summed E-state index contributed by atoms with van der Waals surface area (Å²) in [6, 6.07) is 0. The first-order chi connectivity index (χ1) is 19.3. The van der Waals surface area contributed by atoms with Crippen LogP contribution in [0.25, 0.3) is 0 Å². The average Bonchev–Trinajstić information content (AvgIpc) is 2.94. The number of nitrogens with one attached hydrogen (secondary N) is 1. The third-order valence-electron chi connectivity index (χ3n) is 8.66. The average molecular weight is 548 g/mol. The Kier molecular flexibility index (Phi) is 27.4. The largest absolute Gasteiger partial charge is 0.314 e. The Bertz CT molecular complexity index is 500. The Morgan fingerprint density at radius 2 is 1.00 bits per heavy atom. The SMILES string of the molecule is CCCCCC/C=C\CCCCCCN(CCCCCCCCCCCCCC)CC(C)CN1CCNCC1. The van der Waals surface area contributed by atoms with Crippen LogP contribution in [0.2, 0.25) is 0 Å². The van der Waals surface area contributed by atoms with Crippen LogP contribution in [-0.4, -0.2) is 62.2 Å². The zero-order chi connectivity index (χ0) is 28.1. The first-order valence-corrected chi connectivity index (χ1v) is 18.1. The molecule has 1 rings (SSSR count). The van der Waals surface area contributed by atoms with Gasteiger partial charge in [0.1, 0.15) is 0 Å². The molecule has 232 valence electrons. The van der Waals surface area contributed by atoms with Crippen LogP contribution < -0.4 is 5.32 Å². The van der Waals surface area contributed by atoms with Crippen molar-refractivity contribution in [3.05, 3.63) is 12.2 Å². The van der Waals surface area contributed by atoms with E-state index in [4.69, 9.17) is 0 Å². The number of rotatable bonds is 29. The summed E-state index contributed by atoms with van der Waals surface area (Å²) >= 11 is 0. The smallest absolute Gasteiger partial charge is 0.0107 e. The van der Waals surface area contributed by atoms with E-state index in [-0.39, 0.29) is 0 Å². The Morgan fingerprint density at radius 1 is 0.590 bits per heavy atom. The van der Waals surface area contributed by atoms with Crippen LogP contribution in [0.1, 0.15) is 162 Å². The van der Waals surface area contributed by atoms with Crippen LogP contribution in [0.5, 0.6) is 0 Å². The highest BCUT2D eigenvalue weighted by Crippen LogP contribution is 2.14. The molecule has 1 saturated heterocycles. The summed E-state index contributed by atoms with van der Waals surface area (Å²) < 4.78 is 0. The van der Waals surface area contributed by atoms with E-state index in [2.05, 4.69) is 48.0 Å². The molecule has 1 N–H and O–H groups in total. The fraction of sp³-hybridized carbons (Fsp3) is 0.944. The molecule has 0 bridgehead atoms. The molecule has 0 spiro atoms. The standard InChI is InChI=1S/C36H73N3/c1-4-6-8-10-12-14-16-18-20-22-24-26-30-38(34-36(3)35-39-32-28-37-29-33-39)31-27-25-23-21-19-17-15-13-11-9-7-5-2/h14,16,36-37H,4-13,15,17-35H2,1-3H3/b16-14-. The third-order valence-corrected chi connectivity index (χ3v) is 8.66. The van der Waals surface area contributed by atoms with Gasteiger partial charge in [0.2, 0.25) is 0 Å². The van der Waals surface area contributed by atoms with Crippen molar-refractivity contribution in [1.29, 1.82) is 0 Å². The van der Waals surface area contributed by atoms with Crippen LogP contribution in [-0.2, 0) is 0 Å². The molecule has 1 heterocycles. The van der Waals surface area contributed by atoms with Crippen LogP contribution in [0.15, 0.2) is 12.2 Å². The zero-order valence-corrected chi connectivity index (χ0v) is 27.3. The molecule has 0 aliphatic carbocycles. The molecule has 0 aromatic heterocycles. The van der Waals surface area contributed by atoms with Crippen molar-refractivity contribution >= 4 is 0 Å². The maximum absolute atomic E-state index is 3.50. The highest BCUT2D eigenvalue weighted by molar-refractivity contribution is 4.81. The molecule has 39 heavy (non-hydrogen) atoms. The summed E-state index contributed by atoms with van der Waals surface area (Å²) in [5.74, 6) is 0.780. The highest BCUT2D eigenvalue weighted by atomic mass is 15.2. The molecule has 0 aromatic carbocycles. The number of nitrogens with zero attached hydrogens (tertiary/aromatic N) is 2. The molecule has 3 nitrogen and oxygen atoms in total. The molecular weight excluding hydrogens is 474 g/mol. The van der Waals surface area contributed by atoms with Crippen molar-refractivity contribution in [2.45, 2.75) is 162 Å². The minimum Gasteiger partial charge on any atom is -0.314 e. The second-order valence-electron chi connectivity index (χ2n) is 12.9. The Labute approximate surface area is 247 Å². The van der Waals surface area contributed by atoms with E-state index < -0.39 is 0 Å². The van der Waals surface area contributed by atoms with Gasteiger partial charge in [-0.1, -0.05) is 136 Å². The lowest BCUT2D eigenvalue weighted by atomic mass is 10.0. The maximum Gasteiger partial charge on any atom is 0.0107 e. The van der Waals surface area contributed by atoms with Gasteiger partial charge in [-0.25, -0.2) is 0 Å². The number of piperazine rings is 1.